The average Bonchev–Trinajstić information content (AvgIpc) is 3.33. The number of carboxylic acids is 1. The molecule has 0 radical (unpaired) electrons. The van der Waals surface area contributed by atoms with Crippen molar-refractivity contribution >= 4 is 23.2 Å². The molecule has 0 amide bonds. The minimum absolute atomic E-state index is 0.0240. The first-order chi connectivity index (χ1) is 14.6. The Morgan fingerprint density at radius 2 is 2.00 bits per heavy atom. The molecule has 160 valence electrons. The number of rotatable bonds is 5. The van der Waals surface area contributed by atoms with Crippen molar-refractivity contribution in [2.45, 2.75) is 25.9 Å². The number of alkyl halides is 3. The smallest absolute Gasteiger partial charge is 0.417 e. The van der Waals surface area contributed by atoms with E-state index in [1.807, 2.05) is 13.0 Å². The molecule has 3 heterocycles. The summed E-state index contributed by atoms with van der Waals surface area (Å²) >= 11 is 5.96. The first-order valence-corrected chi connectivity index (χ1v) is 9.41. The number of hydrogen-bond donors (Lipinski definition) is 1. The number of aryl methyl sites for hydroxylation is 2. The molecule has 11 heteroatoms. The van der Waals surface area contributed by atoms with Crippen LogP contribution in [0, 0.1) is 6.92 Å². The second kappa shape index (κ2) is 7.69. The zero-order chi connectivity index (χ0) is 22.3. The molecule has 0 aliphatic heterocycles. The summed E-state index contributed by atoms with van der Waals surface area (Å²) in [6, 6.07) is 6.16. The van der Waals surface area contributed by atoms with Crippen molar-refractivity contribution in [3.8, 4) is 23.0 Å². The van der Waals surface area contributed by atoms with Crippen LogP contribution in [-0.4, -0.2) is 30.6 Å². The summed E-state index contributed by atoms with van der Waals surface area (Å²) in [7, 11) is 0. The van der Waals surface area contributed by atoms with Gasteiger partial charge in [-0.15, -0.1) is 0 Å². The maximum Gasteiger partial charge on any atom is 0.417 e. The fourth-order valence-corrected chi connectivity index (χ4v) is 3.37. The molecule has 1 aromatic carbocycles. The Labute approximate surface area is 178 Å². The van der Waals surface area contributed by atoms with Crippen molar-refractivity contribution < 1.29 is 27.6 Å². The molecule has 0 unspecified atom stereocenters. The highest BCUT2D eigenvalue weighted by molar-refractivity contribution is 6.33. The van der Waals surface area contributed by atoms with E-state index in [9.17, 15) is 18.0 Å². The zero-order valence-corrected chi connectivity index (χ0v) is 16.7. The lowest BCUT2D eigenvalue weighted by Crippen LogP contribution is -2.06. The SMILES string of the molecule is Cc1cc(-c2noc(-c3cn4cc(C(F)(F)F)cc(Cl)c4n3)n2)ccc1CCC(=O)O. The minimum atomic E-state index is -4.55. The summed E-state index contributed by atoms with van der Waals surface area (Å²) < 4.78 is 45.4. The van der Waals surface area contributed by atoms with E-state index in [1.54, 1.807) is 12.1 Å². The number of imidazole rings is 1. The number of pyridine rings is 1. The van der Waals surface area contributed by atoms with Crippen LogP contribution in [0.5, 0.6) is 0 Å². The lowest BCUT2D eigenvalue weighted by molar-refractivity contribution is -0.138. The zero-order valence-electron chi connectivity index (χ0n) is 15.9. The van der Waals surface area contributed by atoms with E-state index in [1.165, 1.54) is 6.20 Å². The van der Waals surface area contributed by atoms with Crippen LogP contribution >= 0.6 is 11.6 Å². The third-order valence-corrected chi connectivity index (χ3v) is 4.97. The van der Waals surface area contributed by atoms with Crippen LogP contribution < -0.4 is 0 Å². The number of benzene rings is 1. The minimum Gasteiger partial charge on any atom is -0.481 e. The summed E-state index contributed by atoms with van der Waals surface area (Å²) in [4.78, 5) is 19.2. The molecular weight excluding hydrogens is 437 g/mol. The summed E-state index contributed by atoms with van der Waals surface area (Å²) in [5.74, 6) is -0.584. The van der Waals surface area contributed by atoms with Crippen LogP contribution in [0.25, 0.3) is 28.6 Å². The Bertz CT molecular complexity index is 1300. The molecule has 0 aliphatic carbocycles. The molecule has 4 rings (SSSR count). The van der Waals surface area contributed by atoms with Crippen LogP contribution in [0.1, 0.15) is 23.1 Å². The largest absolute Gasteiger partial charge is 0.481 e. The molecule has 3 aromatic heterocycles. The molecule has 0 spiro atoms. The molecule has 0 saturated carbocycles. The summed E-state index contributed by atoms with van der Waals surface area (Å²) in [6.07, 6.45) is -1.91. The number of aliphatic carboxylic acids is 1. The summed E-state index contributed by atoms with van der Waals surface area (Å²) in [6.45, 7) is 1.85. The predicted molar refractivity (Wildman–Crippen MR) is 105 cm³/mol. The first kappa shape index (κ1) is 20.9. The Kier molecular flexibility index (Phi) is 5.18. The van der Waals surface area contributed by atoms with Gasteiger partial charge in [0.1, 0.15) is 5.69 Å². The van der Waals surface area contributed by atoms with Gasteiger partial charge in [0, 0.05) is 24.4 Å². The van der Waals surface area contributed by atoms with Crippen LogP contribution in [0.4, 0.5) is 13.2 Å². The van der Waals surface area contributed by atoms with Gasteiger partial charge in [0.2, 0.25) is 5.82 Å². The molecule has 7 nitrogen and oxygen atoms in total. The van der Waals surface area contributed by atoms with E-state index in [0.29, 0.717) is 12.0 Å². The highest BCUT2D eigenvalue weighted by Crippen LogP contribution is 2.33. The van der Waals surface area contributed by atoms with E-state index in [2.05, 4.69) is 15.1 Å². The number of fused-ring (bicyclic) bond motifs is 1. The molecule has 0 atom stereocenters. The summed E-state index contributed by atoms with van der Waals surface area (Å²) in [5.41, 5.74) is 1.82. The van der Waals surface area contributed by atoms with E-state index in [0.717, 1.165) is 27.8 Å². The molecule has 0 aliphatic rings. The molecular formula is C20H14ClF3N4O3. The maximum atomic E-state index is 13.0. The third-order valence-electron chi connectivity index (χ3n) is 4.69. The molecule has 0 fully saturated rings. The summed E-state index contributed by atoms with van der Waals surface area (Å²) in [5, 5.41) is 12.6. The number of carbonyl (C=O) groups is 1. The first-order valence-electron chi connectivity index (χ1n) is 9.03. The van der Waals surface area contributed by atoms with Crippen molar-refractivity contribution in [3.05, 3.63) is 58.4 Å². The van der Waals surface area contributed by atoms with Crippen molar-refractivity contribution in [2.75, 3.05) is 0 Å². The normalized spacial score (nSPS) is 11.9. The number of nitrogens with zero attached hydrogens (tertiary/aromatic N) is 4. The van der Waals surface area contributed by atoms with Gasteiger partial charge in [0.05, 0.1) is 10.6 Å². The molecule has 0 saturated heterocycles. The molecule has 31 heavy (non-hydrogen) atoms. The van der Waals surface area contributed by atoms with Crippen molar-refractivity contribution in [1.82, 2.24) is 19.5 Å². The predicted octanol–water partition coefficient (Wildman–Crippen LogP) is 5.05. The molecule has 1 N–H and O–H groups in total. The van der Waals surface area contributed by atoms with Crippen molar-refractivity contribution in [3.63, 3.8) is 0 Å². The van der Waals surface area contributed by atoms with Gasteiger partial charge in [-0.05, 0) is 36.6 Å². The van der Waals surface area contributed by atoms with Crippen LogP contribution in [0.2, 0.25) is 5.02 Å². The lowest BCUT2D eigenvalue weighted by Gasteiger charge is -2.07. The lowest BCUT2D eigenvalue weighted by atomic mass is 10.0. The van der Waals surface area contributed by atoms with E-state index in [-0.39, 0.29) is 34.5 Å². The fraction of sp³-hybridized carbons (Fsp3) is 0.200. The second-order valence-electron chi connectivity index (χ2n) is 6.89. The van der Waals surface area contributed by atoms with Gasteiger partial charge < -0.3 is 14.0 Å². The van der Waals surface area contributed by atoms with Gasteiger partial charge in [-0.1, -0.05) is 28.9 Å². The third kappa shape index (κ3) is 4.24. The molecule has 4 aromatic rings. The Morgan fingerprint density at radius 3 is 2.68 bits per heavy atom. The Balaban J connectivity index is 1.64. The monoisotopic (exact) mass is 450 g/mol. The topological polar surface area (TPSA) is 93.5 Å². The van der Waals surface area contributed by atoms with E-state index < -0.39 is 17.7 Å². The fourth-order valence-electron chi connectivity index (χ4n) is 3.12. The van der Waals surface area contributed by atoms with Gasteiger partial charge in [-0.25, -0.2) is 4.98 Å². The van der Waals surface area contributed by atoms with Gasteiger partial charge in [-0.3, -0.25) is 4.79 Å². The standard InChI is InChI=1S/C20H14ClF3N4O3/c1-10-6-12(3-2-11(10)4-5-16(29)30)17-26-19(31-27-17)15-9-28-8-13(20(22,23)24)7-14(21)18(28)25-15/h2-3,6-9H,4-5H2,1H3,(H,29,30). The maximum absolute atomic E-state index is 13.0. The Hall–Kier alpha value is -3.40. The number of carboxylic acid groups (broad SMARTS) is 1. The highest BCUT2D eigenvalue weighted by atomic mass is 35.5. The quantitative estimate of drug-likeness (QED) is 0.457. The van der Waals surface area contributed by atoms with Gasteiger partial charge in [0.15, 0.2) is 5.65 Å². The second-order valence-corrected chi connectivity index (χ2v) is 7.30. The average molecular weight is 451 g/mol. The number of hydrogen-bond acceptors (Lipinski definition) is 5. The van der Waals surface area contributed by atoms with E-state index >= 15 is 0 Å². The van der Waals surface area contributed by atoms with E-state index in [4.69, 9.17) is 21.2 Å². The van der Waals surface area contributed by atoms with Crippen LogP contribution in [0.3, 0.4) is 0 Å². The van der Waals surface area contributed by atoms with Crippen LogP contribution in [0.15, 0.2) is 41.2 Å². The van der Waals surface area contributed by atoms with Gasteiger partial charge in [0.25, 0.3) is 5.89 Å². The van der Waals surface area contributed by atoms with Gasteiger partial charge in [-0.2, -0.15) is 18.2 Å². The number of aromatic nitrogens is 4. The Morgan fingerprint density at radius 1 is 1.23 bits per heavy atom. The van der Waals surface area contributed by atoms with Crippen molar-refractivity contribution in [2.24, 2.45) is 0 Å². The van der Waals surface area contributed by atoms with Crippen molar-refractivity contribution in [1.29, 1.82) is 0 Å². The van der Waals surface area contributed by atoms with Gasteiger partial charge >= 0.3 is 12.1 Å². The highest BCUT2D eigenvalue weighted by Gasteiger charge is 2.32. The molecule has 0 bridgehead atoms. The number of halogens is 4. The van der Waals surface area contributed by atoms with Crippen LogP contribution in [-0.2, 0) is 17.4 Å².